The van der Waals surface area contributed by atoms with Gasteiger partial charge in [-0.3, -0.25) is 14.4 Å². The van der Waals surface area contributed by atoms with Crippen molar-refractivity contribution in [1.82, 2.24) is 5.43 Å². The molecule has 0 aliphatic heterocycles. The zero-order valence-electron chi connectivity index (χ0n) is 18.1. The molecule has 0 saturated heterocycles. The molecule has 3 amide bonds. The zero-order valence-corrected chi connectivity index (χ0v) is 18.8. The van der Waals surface area contributed by atoms with Crippen LogP contribution in [0.25, 0.3) is 0 Å². The first kappa shape index (κ1) is 24.3. The van der Waals surface area contributed by atoms with Crippen LogP contribution in [0.2, 0.25) is 5.02 Å². The number of methoxy groups -OCH3 is 1. The van der Waals surface area contributed by atoms with E-state index in [2.05, 4.69) is 21.2 Å². The van der Waals surface area contributed by atoms with Crippen molar-refractivity contribution in [2.75, 3.05) is 24.4 Å². The molecule has 174 valence electrons. The SMILES string of the molecule is COc1ccc(NC(=O)C(=O)N/N=C\c2ccc(OCC(=O)Nc3ccccc3)cc2)cc1Cl. The van der Waals surface area contributed by atoms with Gasteiger partial charge in [-0.15, -0.1) is 0 Å². The summed E-state index contributed by atoms with van der Waals surface area (Å²) in [5, 5.41) is 9.20. The Morgan fingerprint density at radius 1 is 0.912 bits per heavy atom. The van der Waals surface area contributed by atoms with E-state index in [0.717, 1.165) is 0 Å². The Labute approximate surface area is 200 Å². The fraction of sp³-hybridized carbons (Fsp3) is 0.0833. The number of rotatable bonds is 8. The number of hydrogen-bond acceptors (Lipinski definition) is 6. The molecule has 34 heavy (non-hydrogen) atoms. The van der Waals surface area contributed by atoms with Crippen LogP contribution in [-0.2, 0) is 14.4 Å². The second kappa shape index (κ2) is 12.0. The summed E-state index contributed by atoms with van der Waals surface area (Å²) >= 11 is 5.99. The smallest absolute Gasteiger partial charge is 0.329 e. The molecule has 0 aromatic heterocycles. The van der Waals surface area contributed by atoms with Crippen LogP contribution in [0.1, 0.15) is 5.56 Å². The molecule has 0 heterocycles. The third-order valence-corrected chi connectivity index (χ3v) is 4.60. The van der Waals surface area contributed by atoms with Gasteiger partial charge in [-0.25, -0.2) is 5.43 Å². The van der Waals surface area contributed by atoms with Gasteiger partial charge in [-0.2, -0.15) is 5.10 Å². The van der Waals surface area contributed by atoms with Crippen molar-refractivity contribution >= 4 is 46.9 Å². The van der Waals surface area contributed by atoms with E-state index in [1.165, 1.54) is 19.4 Å². The fourth-order valence-corrected chi connectivity index (χ4v) is 2.92. The highest BCUT2D eigenvalue weighted by molar-refractivity contribution is 6.40. The number of carbonyl (C=O) groups is 3. The van der Waals surface area contributed by atoms with Crippen molar-refractivity contribution in [3.8, 4) is 11.5 Å². The summed E-state index contributed by atoms with van der Waals surface area (Å²) in [7, 11) is 1.47. The van der Waals surface area contributed by atoms with E-state index in [0.29, 0.717) is 33.5 Å². The first-order chi connectivity index (χ1) is 16.4. The van der Waals surface area contributed by atoms with Gasteiger partial charge in [-0.05, 0) is 60.2 Å². The minimum atomic E-state index is -0.951. The van der Waals surface area contributed by atoms with Crippen LogP contribution in [-0.4, -0.2) is 37.7 Å². The summed E-state index contributed by atoms with van der Waals surface area (Å²) in [4.78, 5) is 35.8. The number of hydrogen-bond donors (Lipinski definition) is 3. The molecule has 0 spiro atoms. The average Bonchev–Trinajstić information content (AvgIpc) is 2.84. The highest BCUT2D eigenvalue weighted by Gasteiger charge is 2.13. The Balaban J connectivity index is 1.43. The monoisotopic (exact) mass is 480 g/mol. The van der Waals surface area contributed by atoms with Crippen molar-refractivity contribution < 1.29 is 23.9 Å². The average molecular weight is 481 g/mol. The predicted molar refractivity (Wildman–Crippen MR) is 129 cm³/mol. The Bertz CT molecular complexity index is 1180. The van der Waals surface area contributed by atoms with Crippen molar-refractivity contribution in [2.24, 2.45) is 5.10 Å². The molecule has 0 aliphatic rings. The number of benzene rings is 3. The molecule has 3 N–H and O–H groups in total. The number of nitrogens with one attached hydrogen (secondary N) is 3. The molecule has 0 atom stereocenters. The van der Waals surface area contributed by atoms with Gasteiger partial charge in [0, 0.05) is 11.4 Å². The van der Waals surface area contributed by atoms with E-state index in [1.54, 1.807) is 48.5 Å². The van der Waals surface area contributed by atoms with Gasteiger partial charge < -0.3 is 20.1 Å². The van der Waals surface area contributed by atoms with Crippen LogP contribution in [0, 0.1) is 0 Å². The molecule has 0 radical (unpaired) electrons. The van der Waals surface area contributed by atoms with Gasteiger partial charge in [0.05, 0.1) is 18.3 Å². The molecule has 0 fully saturated rings. The number of hydrazone groups is 1. The number of para-hydroxylation sites is 1. The minimum absolute atomic E-state index is 0.146. The van der Waals surface area contributed by atoms with Crippen LogP contribution in [0.3, 0.4) is 0 Å². The standard InChI is InChI=1S/C24H21ClN4O5/c1-33-21-12-9-18(13-20(21)25)28-23(31)24(32)29-26-14-16-7-10-19(11-8-16)34-15-22(30)27-17-5-3-2-4-6-17/h2-14H,15H2,1H3,(H,27,30)(H,28,31)(H,29,32)/b26-14-. The molecule has 0 bridgehead atoms. The van der Waals surface area contributed by atoms with Crippen LogP contribution in [0.5, 0.6) is 11.5 Å². The number of nitrogens with zero attached hydrogens (tertiary/aromatic N) is 1. The number of anilines is 2. The number of halogens is 1. The highest BCUT2D eigenvalue weighted by atomic mass is 35.5. The first-order valence-corrected chi connectivity index (χ1v) is 10.4. The lowest BCUT2D eigenvalue weighted by molar-refractivity contribution is -0.136. The van der Waals surface area contributed by atoms with E-state index in [9.17, 15) is 14.4 Å². The molecular weight excluding hydrogens is 460 g/mol. The van der Waals surface area contributed by atoms with E-state index in [4.69, 9.17) is 21.1 Å². The van der Waals surface area contributed by atoms with E-state index in [-0.39, 0.29) is 12.5 Å². The molecule has 10 heteroatoms. The minimum Gasteiger partial charge on any atom is -0.495 e. The lowest BCUT2D eigenvalue weighted by Crippen LogP contribution is -2.32. The van der Waals surface area contributed by atoms with Gasteiger partial charge in [0.2, 0.25) is 0 Å². The Morgan fingerprint density at radius 2 is 1.65 bits per heavy atom. The number of carbonyl (C=O) groups excluding carboxylic acids is 3. The summed E-state index contributed by atoms with van der Waals surface area (Å²) in [5.41, 5.74) is 3.81. The van der Waals surface area contributed by atoms with E-state index < -0.39 is 11.8 Å². The normalized spacial score (nSPS) is 10.4. The van der Waals surface area contributed by atoms with Crippen molar-refractivity contribution in [1.29, 1.82) is 0 Å². The summed E-state index contributed by atoms with van der Waals surface area (Å²) in [6, 6.07) is 20.3. The van der Waals surface area contributed by atoms with E-state index in [1.807, 2.05) is 18.2 Å². The maximum atomic E-state index is 12.0. The van der Waals surface area contributed by atoms with Crippen molar-refractivity contribution in [3.63, 3.8) is 0 Å². The maximum Gasteiger partial charge on any atom is 0.329 e. The van der Waals surface area contributed by atoms with Gasteiger partial charge >= 0.3 is 11.8 Å². The lowest BCUT2D eigenvalue weighted by atomic mass is 10.2. The third-order valence-electron chi connectivity index (χ3n) is 4.30. The second-order valence-corrected chi connectivity index (χ2v) is 7.18. The third kappa shape index (κ3) is 7.35. The van der Waals surface area contributed by atoms with Gasteiger partial charge in [0.25, 0.3) is 5.91 Å². The highest BCUT2D eigenvalue weighted by Crippen LogP contribution is 2.27. The Morgan fingerprint density at radius 3 is 2.32 bits per heavy atom. The molecule has 3 aromatic carbocycles. The van der Waals surface area contributed by atoms with Crippen LogP contribution in [0.15, 0.2) is 77.9 Å². The second-order valence-electron chi connectivity index (χ2n) is 6.77. The number of amides is 3. The summed E-state index contributed by atoms with van der Waals surface area (Å²) in [6.07, 6.45) is 1.36. The van der Waals surface area contributed by atoms with Gasteiger partial charge in [-0.1, -0.05) is 29.8 Å². The lowest BCUT2D eigenvalue weighted by Gasteiger charge is -2.08. The first-order valence-electron chi connectivity index (χ1n) is 10.0. The van der Waals surface area contributed by atoms with Crippen molar-refractivity contribution in [3.05, 3.63) is 83.4 Å². The molecule has 0 saturated carbocycles. The molecule has 0 unspecified atom stereocenters. The molecule has 0 aliphatic carbocycles. The molecule has 3 rings (SSSR count). The summed E-state index contributed by atoms with van der Waals surface area (Å²) in [6.45, 7) is -0.146. The van der Waals surface area contributed by atoms with Crippen LogP contribution in [0.4, 0.5) is 11.4 Å². The van der Waals surface area contributed by atoms with Crippen LogP contribution < -0.4 is 25.5 Å². The largest absolute Gasteiger partial charge is 0.495 e. The van der Waals surface area contributed by atoms with E-state index >= 15 is 0 Å². The predicted octanol–water partition coefficient (Wildman–Crippen LogP) is 3.45. The Kier molecular flexibility index (Phi) is 8.59. The van der Waals surface area contributed by atoms with Gasteiger partial charge in [0.1, 0.15) is 11.5 Å². The molecular formula is C24H21ClN4O5. The zero-order chi connectivity index (χ0) is 24.3. The maximum absolute atomic E-state index is 12.0. The summed E-state index contributed by atoms with van der Waals surface area (Å²) < 4.78 is 10.5. The molecule has 3 aromatic rings. The van der Waals surface area contributed by atoms with Crippen LogP contribution >= 0.6 is 11.6 Å². The topological polar surface area (TPSA) is 118 Å². The Hall–Kier alpha value is -4.37. The van der Waals surface area contributed by atoms with Crippen molar-refractivity contribution in [2.45, 2.75) is 0 Å². The summed E-state index contributed by atoms with van der Waals surface area (Å²) in [5.74, 6) is -1.21. The molecule has 9 nitrogen and oxygen atoms in total. The quantitative estimate of drug-likeness (QED) is 0.259. The number of ether oxygens (including phenoxy) is 2. The van der Waals surface area contributed by atoms with Gasteiger partial charge in [0.15, 0.2) is 6.61 Å². The fourth-order valence-electron chi connectivity index (χ4n) is 2.67.